The molecular weight excluding hydrogens is 379 g/mol. The van der Waals surface area contributed by atoms with Gasteiger partial charge in [-0.1, -0.05) is 12.1 Å². The summed E-state index contributed by atoms with van der Waals surface area (Å²) in [6, 6.07) is 5.42. The maximum absolute atomic E-state index is 13.2. The van der Waals surface area contributed by atoms with Gasteiger partial charge >= 0.3 is 0 Å². The Labute approximate surface area is 158 Å². The number of hydrogen-bond donors (Lipinski definition) is 2. The van der Waals surface area contributed by atoms with Gasteiger partial charge in [-0.3, -0.25) is 19.3 Å². The van der Waals surface area contributed by atoms with E-state index in [4.69, 9.17) is 0 Å². The van der Waals surface area contributed by atoms with Gasteiger partial charge in [0.1, 0.15) is 5.82 Å². The number of nitrogens with zero attached hydrogens (tertiary/aromatic N) is 1. The number of hydrogen-bond acceptors (Lipinski definition) is 6. The van der Waals surface area contributed by atoms with Crippen LogP contribution in [-0.4, -0.2) is 57.3 Å². The van der Waals surface area contributed by atoms with Gasteiger partial charge in [0.25, 0.3) is 11.1 Å². The van der Waals surface area contributed by atoms with Crippen LogP contribution in [0, 0.1) is 5.82 Å². The normalized spacial score (nSPS) is 24.5. The van der Waals surface area contributed by atoms with Crippen LogP contribution in [0.2, 0.25) is 0 Å². The van der Waals surface area contributed by atoms with Gasteiger partial charge in [-0.2, -0.15) is 11.8 Å². The van der Waals surface area contributed by atoms with E-state index in [0.29, 0.717) is 17.1 Å². The number of amides is 3. The molecule has 138 valence electrons. The van der Waals surface area contributed by atoms with Crippen LogP contribution in [0.15, 0.2) is 29.2 Å². The Hall–Kier alpha value is -1.84. The lowest BCUT2D eigenvalue weighted by Gasteiger charge is -2.17. The van der Waals surface area contributed by atoms with Crippen LogP contribution < -0.4 is 5.32 Å². The molecule has 3 rings (SSSR count). The number of carbonyl (C=O) groups excluding carboxylic acids is 3. The SMILES string of the molecule is O=C(CCN1C(=O)S/C(=C\c2cccc(F)c2)C1=O)N[C@@H]1CSC[C@H]1O. The van der Waals surface area contributed by atoms with E-state index in [0.717, 1.165) is 16.7 Å². The van der Waals surface area contributed by atoms with Gasteiger partial charge in [0.05, 0.1) is 17.1 Å². The van der Waals surface area contributed by atoms with Crippen molar-refractivity contribution in [3.05, 3.63) is 40.6 Å². The van der Waals surface area contributed by atoms with Gasteiger partial charge in [-0.05, 0) is 35.5 Å². The predicted molar refractivity (Wildman–Crippen MR) is 99.0 cm³/mol. The number of aliphatic hydroxyl groups is 1. The Morgan fingerprint density at radius 3 is 2.88 bits per heavy atom. The van der Waals surface area contributed by atoms with Crippen LogP contribution in [0.3, 0.4) is 0 Å². The highest BCUT2D eigenvalue weighted by Gasteiger charge is 2.35. The molecule has 0 aromatic heterocycles. The molecule has 0 radical (unpaired) electrons. The number of halogens is 1. The molecule has 26 heavy (non-hydrogen) atoms. The molecule has 0 spiro atoms. The van der Waals surface area contributed by atoms with Gasteiger partial charge in [0.2, 0.25) is 5.91 Å². The van der Waals surface area contributed by atoms with Gasteiger partial charge in [0.15, 0.2) is 0 Å². The molecule has 2 N–H and O–H groups in total. The fourth-order valence-electron chi connectivity index (χ4n) is 2.61. The molecular formula is C17H17FN2O4S2. The molecule has 9 heteroatoms. The van der Waals surface area contributed by atoms with Crippen LogP contribution in [0.1, 0.15) is 12.0 Å². The third kappa shape index (κ3) is 4.46. The standard InChI is InChI=1S/C17H17FN2O4S2/c18-11-3-1-2-10(6-11)7-14-16(23)20(17(24)26-14)5-4-15(22)19-12-8-25-9-13(12)21/h1-3,6-7,12-13,21H,4-5,8-9H2,(H,19,22)/b14-7-/t12-,13-/m1/s1. The first kappa shape index (κ1) is 18.9. The van der Waals surface area contributed by atoms with E-state index in [1.165, 1.54) is 24.3 Å². The number of imide groups is 1. The van der Waals surface area contributed by atoms with Gasteiger partial charge in [0, 0.05) is 24.5 Å². The highest BCUT2D eigenvalue weighted by molar-refractivity contribution is 8.18. The highest BCUT2D eigenvalue weighted by atomic mass is 32.2. The fraction of sp³-hybridized carbons (Fsp3) is 0.353. The van der Waals surface area contributed by atoms with Crippen molar-refractivity contribution in [3.63, 3.8) is 0 Å². The molecule has 0 aliphatic carbocycles. The Kier molecular flexibility index (Phi) is 6.00. The summed E-state index contributed by atoms with van der Waals surface area (Å²) >= 11 is 2.33. The van der Waals surface area contributed by atoms with Crippen LogP contribution in [-0.2, 0) is 9.59 Å². The van der Waals surface area contributed by atoms with Crippen molar-refractivity contribution in [2.75, 3.05) is 18.1 Å². The molecule has 2 saturated heterocycles. The molecule has 2 aliphatic heterocycles. The van der Waals surface area contributed by atoms with E-state index in [9.17, 15) is 23.9 Å². The molecule has 0 bridgehead atoms. The smallest absolute Gasteiger partial charge is 0.293 e. The summed E-state index contributed by atoms with van der Waals surface area (Å²) in [6.45, 7) is -0.0348. The van der Waals surface area contributed by atoms with Crippen LogP contribution in [0.4, 0.5) is 9.18 Å². The summed E-state index contributed by atoms with van der Waals surface area (Å²) in [5.74, 6) is -0.0100. The second kappa shape index (κ2) is 8.24. The zero-order valence-electron chi connectivity index (χ0n) is 13.7. The molecule has 1 aromatic carbocycles. The van der Waals surface area contributed by atoms with E-state index in [2.05, 4.69) is 5.32 Å². The number of carbonyl (C=O) groups is 3. The Balaban J connectivity index is 1.58. The third-order valence-electron chi connectivity index (χ3n) is 3.98. The lowest BCUT2D eigenvalue weighted by atomic mass is 10.2. The van der Waals surface area contributed by atoms with E-state index in [1.54, 1.807) is 17.8 Å². The maximum Gasteiger partial charge on any atom is 0.293 e. The second-order valence-corrected chi connectivity index (χ2v) is 7.99. The lowest BCUT2D eigenvalue weighted by Crippen LogP contribution is -2.43. The second-order valence-electron chi connectivity index (χ2n) is 5.92. The summed E-state index contributed by atoms with van der Waals surface area (Å²) in [4.78, 5) is 37.6. The Morgan fingerprint density at radius 2 is 2.19 bits per heavy atom. The summed E-state index contributed by atoms with van der Waals surface area (Å²) in [6.07, 6.45) is 0.856. The first-order valence-corrected chi connectivity index (χ1v) is 9.97. The molecule has 0 unspecified atom stereocenters. The number of thioether (sulfide) groups is 2. The zero-order chi connectivity index (χ0) is 18.7. The van der Waals surface area contributed by atoms with E-state index >= 15 is 0 Å². The molecule has 2 aliphatic rings. The van der Waals surface area contributed by atoms with Crippen molar-refractivity contribution in [1.82, 2.24) is 10.2 Å². The van der Waals surface area contributed by atoms with Gasteiger partial charge in [-0.25, -0.2) is 4.39 Å². The van der Waals surface area contributed by atoms with E-state index in [1.807, 2.05) is 0 Å². The minimum absolute atomic E-state index is 0.0286. The van der Waals surface area contributed by atoms with E-state index < -0.39 is 23.1 Å². The molecule has 0 saturated carbocycles. The van der Waals surface area contributed by atoms with Crippen molar-refractivity contribution in [2.45, 2.75) is 18.6 Å². The van der Waals surface area contributed by atoms with Gasteiger partial charge < -0.3 is 10.4 Å². The summed E-state index contributed by atoms with van der Waals surface area (Å²) in [5, 5.41) is 12.0. The number of rotatable bonds is 5. The number of benzene rings is 1. The predicted octanol–water partition coefficient (Wildman–Crippen LogP) is 1.84. The van der Waals surface area contributed by atoms with Gasteiger partial charge in [-0.15, -0.1) is 0 Å². The average Bonchev–Trinajstić information content (AvgIpc) is 3.10. The minimum atomic E-state index is -0.574. The third-order valence-corrected chi connectivity index (χ3v) is 6.06. The molecule has 2 heterocycles. The number of nitrogens with one attached hydrogen (secondary N) is 1. The summed E-state index contributed by atoms with van der Waals surface area (Å²) < 4.78 is 13.2. The Morgan fingerprint density at radius 1 is 1.38 bits per heavy atom. The van der Waals surface area contributed by atoms with Crippen LogP contribution in [0.25, 0.3) is 6.08 Å². The first-order chi connectivity index (χ1) is 12.4. The number of aliphatic hydroxyl groups excluding tert-OH is 1. The average molecular weight is 396 g/mol. The molecule has 1 aromatic rings. The monoisotopic (exact) mass is 396 g/mol. The van der Waals surface area contributed by atoms with E-state index in [-0.39, 0.29) is 29.8 Å². The molecule has 2 fully saturated rings. The van der Waals surface area contributed by atoms with Crippen LogP contribution in [0.5, 0.6) is 0 Å². The van der Waals surface area contributed by atoms with Crippen LogP contribution >= 0.6 is 23.5 Å². The topological polar surface area (TPSA) is 86.7 Å². The van der Waals surface area contributed by atoms with Crippen molar-refractivity contribution < 1.29 is 23.9 Å². The summed E-state index contributed by atoms with van der Waals surface area (Å²) in [5.41, 5.74) is 0.487. The largest absolute Gasteiger partial charge is 0.390 e. The molecule has 2 atom stereocenters. The zero-order valence-corrected chi connectivity index (χ0v) is 15.3. The maximum atomic E-state index is 13.2. The first-order valence-electron chi connectivity index (χ1n) is 8.00. The Bertz CT molecular complexity index is 771. The quantitative estimate of drug-likeness (QED) is 0.739. The van der Waals surface area contributed by atoms with Crippen molar-refractivity contribution in [2.24, 2.45) is 0 Å². The van der Waals surface area contributed by atoms with Crippen molar-refractivity contribution in [1.29, 1.82) is 0 Å². The fourth-order valence-corrected chi connectivity index (χ4v) is 4.65. The highest BCUT2D eigenvalue weighted by Crippen LogP contribution is 2.32. The van der Waals surface area contributed by atoms with Crippen molar-refractivity contribution in [3.8, 4) is 0 Å². The lowest BCUT2D eigenvalue weighted by molar-refractivity contribution is -0.124. The molecule has 3 amide bonds. The van der Waals surface area contributed by atoms with Crippen molar-refractivity contribution >= 4 is 46.7 Å². The minimum Gasteiger partial charge on any atom is -0.390 e. The summed E-state index contributed by atoms with van der Waals surface area (Å²) in [7, 11) is 0. The molecule has 6 nitrogen and oxygen atoms in total.